The third-order valence-electron chi connectivity index (χ3n) is 6.61. The average Bonchev–Trinajstić information content (AvgIpc) is 3.11. The number of aryl methyl sites for hydroxylation is 3. The van der Waals surface area contributed by atoms with E-state index in [1.165, 1.54) is 25.0 Å². The van der Waals surface area contributed by atoms with Gasteiger partial charge in [-0.25, -0.2) is 9.18 Å². The Bertz CT molecular complexity index is 1110. The summed E-state index contributed by atoms with van der Waals surface area (Å²) < 4.78 is 19.0. The molecular weight excluding hydrogens is 441 g/mol. The van der Waals surface area contributed by atoms with Crippen molar-refractivity contribution in [2.24, 2.45) is 0 Å². The molecule has 1 N–H and O–H groups in total. The number of nitrogens with zero attached hydrogens (tertiary/aromatic N) is 2. The Morgan fingerprint density at radius 2 is 1.57 bits per heavy atom. The van der Waals surface area contributed by atoms with E-state index < -0.39 is 0 Å². The summed E-state index contributed by atoms with van der Waals surface area (Å²) in [5, 5.41) is 3.16. The first-order chi connectivity index (χ1) is 16.9. The predicted molar refractivity (Wildman–Crippen MR) is 137 cm³/mol. The molecule has 3 aromatic rings. The van der Waals surface area contributed by atoms with Crippen molar-refractivity contribution in [2.75, 3.05) is 5.32 Å². The maximum Gasteiger partial charge on any atom is 0.322 e. The van der Waals surface area contributed by atoms with Gasteiger partial charge in [0.05, 0.1) is 11.4 Å². The molecule has 0 spiro atoms. The van der Waals surface area contributed by atoms with E-state index in [9.17, 15) is 9.18 Å². The van der Waals surface area contributed by atoms with Gasteiger partial charge in [0.25, 0.3) is 0 Å². The molecule has 35 heavy (non-hydrogen) atoms. The zero-order chi connectivity index (χ0) is 24.8. The first-order valence-electron chi connectivity index (χ1n) is 12.4. The van der Waals surface area contributed by atoms with Crippen LogP contribution in [0.3, 0.4) is 0 Å². The van der Waals surface area contributed by atoms with Crippen LogP contribution in [0.25, 0.3) is 0 Å². The molecule has 2 aromatic carbocycles. The molecule has 0 bridgehead atoms. The molecule has 184 valence electrons. The van der Waals surface area contributed by atoms with Gasteiger partial charge in [-0.3, -0.25) is 4.98 Å². The van der Waals surface area contributed by atoms with Gasteiger partial charge >= 0.3 is 6.03 Å². The maximum absolute atomic E-state index is 13.6. The highest BCUT2D eigenvalue weighted by Crippen LogP contribution is 2.27. The van der Waals surface area contributed by atoms with E-state index >= 15 is 0 Å². The molecule has 2 amide bonds. The molecule has 6 heteroatoms. The third kappa shape index (κ3) is 6.59. The molecule has 0 aliphatic heterocycles. The Labute approximate surface area is 207 Å². The van der Waals surface area contributed by atoms with E-state index in [2.05, 4.69) is 10.3 Å². The Kier molecular flexibility index (Phi) is 8.01. The second-order valence-electron chi connectivity index (χ2n) is 9.44. The van der Waals surface area contributed by atoms with Crippen molar-refractivity contribution in [3.05, 3.63) is 82.9 Å². The van der Waals surface area contributed by atoms with Gasteiger partial charge in [0.2, 0.25) is 0 Å². The summed E-state index contributed by atoms with van der Waals surface area (Å²) in [5.74, 6) is 0.954. The molecule has 0 unspecified atom stereocenters. The molecule has 1 heterocycles. The molecule has 4 rings (SSSR count). The number of aromatic nitrogens is 1. The maximum atomic E-state index is 13.6. The van der Waals surface area contributed by atoms with Gasteiger partial charge in [-0.15, -0.1) is 0 Å². The number of anilines is 1. The molecular formula is C29H34FN3O2. The highest BCUT2D eigenvalue weighted by Gasteiger charge is 2.26. The van der Waals surface area contributed by atoms with E-state index in [4.69, 9.17) is 4.74 Å². The van der Waals surface area contributed by atoms with E-state index in [1.807, 2.05) is 56.0 Å². The van der Waals surface area contributed by atoms with Crippen molar-refractivity contribution in [1.29, 1.82) is 0 Å². The number of benzene rings is 2. The normalized spacial score (nSPS) is 14.3. The SMILES string of the molecule is Cc1cc(C)c(NC(=O)N(Cc2ccc(Oc3ccc(F)cc3)cc2)C2CCCCCC2)c(C)n1. The standard InChI is InChI=1S/C29H34FN3O2/c1-20-18-21(2)31-22(3)28(20)32-29(34)33(25-8-6-4-5-7-9-25)19-23-10-14-26(15-11-23)35-27-16-12-24(30)13-17-27/h10-18,25H,4-9,19H2,1-3H3,(H,32,34). The van der Waals surface area contributed by atoms with Gasteiger partial charge in [-0.05, 0) is 87.2 Å². The van der Waals surface area contributed by atoms with Crippen LogP contribution in [0.1, 0.15) is 61.0 Å². The van der Waals surface area contributed by atoms with Crippen molar-refractivity contribution in [3.8, 4) is 11.5 Å². The summed E-state index contributed by atoms with van der Waals surface area (Å²) in [7, 11) is 0. The lowest BCUT2D eigenvalue weighted by Gasteiger charge is -2.32. The minimum Gasteiger partial charge on any atom is -0.457 e. The van der Waals surface area contributed by atoms with Crippen molar-refractivity contribution in [3.63, 3.8) is 0 Å². The molecule has 1 aliphatic carbocycles. The van der Waals surface area contributed by atoms with E-state index in [0.29, 0.717) is 18.0 Å². The number of pyridine rings is 1. The number of rotatable bonds is 6. The molecule has 1 fully saturated rings. The largest absolute Gasteiger partial charge is 0.457 e. The fourth-order valence-electron chi connectivity index (χ4n) is 4.83. The Hall–Kier alpha value is -3.41. The highest BCUT2D eigenvalue weighted by atomic mass is 19.1. The first-order valence-corrected chi connectivity index (χ1v) is 12.4. The number of urea groups is 1. The van der Waals surface area contributed by atoms with Crippen LogP contribution in [-0.2, 0) is 6.54 Å². The fraction of sp³-hybridized carbons (Fsp3) is 0.379. The molecule has 0 atom stereocenters. The lowest BCUT2D eigenvalue weighted by Crippen LogP contribution is -2.42. The number of ether oxygens (including phenoxy) is 1. The summed E-state index contributed by atoms with van der Waals surface area (Å²) in [6.07, 6.45) is 6.77. The third-order valence-corrected chi connectivity index (χ3v) is 6.61. The highest BCUT2D eigenvalue weighted by molar-refractivity contribution is 5.91. The van der Waals surface area contributed by atoms with Gasteiger partial charge in [-0.2, -0.15) is 0 Å². The topological polar surface area (TPSA) is 54.5 Å². The van der Waals surface area contributed by atoms with Crippen LogP contribution in [0.2, 0.25) is 0 Å². The van der Waals surface area contributed by atoms with Crippen LogP contribution in [0.4, 0.5) is 14.9 Å². The number of halogens is 1. The number of hydrogen-bond donors (Lipinski definition) is 1. The number of hydrogen-bond acceptors (Lipinski definition) is 3. The first kappa shape index (κ1) is 24.7. The lowest BCUT2D eigenvalue weighted by molar-refractivity contribution is 0.175. The minimum atomic E-state index is -0.295. The van der Waals surface area contributed by atoms with Gasteiger partial charge < -0.3 is 15.0 Å². The summed E-state index contributed by atoms with van der Waals surface area (Å²) in [5.41, 5.74) is 4.63. The summed E-state index contributed by atoms with van der Waals surface area (Å²) in [6.45, 7) is 6.43. The minimum absolute atomic E-state index is 0.0830. The number of nitrogens with one attached hydrogen (secondary N) is 1. The van der Waals surface area contributed by atoms with Gasteiger partial charge in [-0.1, -0.05) is 37.8 Å². The van der Waals surface area contributed by atoms with Crippen LogP contribution in [0, 0.1) is 26.6 Å². The smallest absolute Gasteiger partial charge is 0.322 e. The Morgan fingerprint density at radius 1 is 0.971 bits per heavy atom. The molecule has 1 aliphatic rings. The van der Waals surface area contributed by atoms with Crippen molar-refractivity contribution in [2.45, 2.75) is 71.9 Å². The van der Waals surface area contributed by atoms with Crippen molar-refractivity contribution >= 4 is 11.7 Å². The zero-order valence-corrected chi connectivity index (χ0v) is 20.8. The number of carbonyl (C=O) groups excluding carboxylic acids is 1. The fourth-order valence-corrected chi connectivity index (χ4v) is 4.83. The van der Waals surface area contributed by atoms with Gasteiger partial charge in [0, 0.05) is 18.3 Å². The summed E-state index contributed by atoms with van der Waals surface area (Å²) >= 11 is 0. The summed E-state index contributed by atoms with van der Waals surface area (Å²) in [6, 6.07) is 15.8. The molecule has 1 saturated carbocycles. The van der Waals surface area contributed by atoms with Crippen LogP contribution in [0.5, 0.6) is 11.5 Å². The zero-order valence-electron chi connectivity index (χ0n) is 20.8. The predicted octanol–water partition coefficient (Wildman–Crippen LogP) is 7.70. The van der Waals surface area contributed by atoms with Crippen LogP contribution >= 0.6 is 0 Å². The molecule has 0 radical (unpaired) electrons. The monoisotopic (exact) mass is 475 g/mol. The van der Waals surface area contributed by atoms with Crippen LogP contribution in [-0.4, -0.2) is 22.0 Å². The number of amides is 2. The van der Waals surface area contributed by atoms with Crippen LogP contribution in [0.15, 0.2) is 54.6 Å². The van der Waals surface area contributed by atoms with Gasteiger partial charge in [0.15, 0.2) is 0 Å². The second kappa shape index (κ2) is 11.3. The quantitative estimate of drug-likeness (QED) is 0.372. The second-order valence-corrected chi connectivity index (χ2v) is 9.44. The lowest BCUT2D eigenvalue weighted by atomic mass is 10.1. The van der Waals surface area contributed by atoms with Gasteiger partial charge in [0.1, 0.15) is 17.3 Å². The molecule has 1 aromatic heterocycles. The van der Waals surface area contributed by atoms with E-state index in [1.54, 1.807) is 12.1 Å². The van der Waals surface area contributed by atoms with Crippen molar-refractivity contribution < 1.29 is 13.9 Å². The van der Waals surface area contributed by atoms with E-state index in [0.717, 1.165) is 53.9 Å². The van der Waals surface area contributed by atoms with Crippen LogP contribution < -0.4 is 10.1 Å². The Balaban J connectivity index is 1.51. The summed E-state index contributed by atoms with van der Waals surface area (Å²) in [4.78, 5) is 20.1. The van der Waals surface area contributed by atoms with E-state index in [-0.39, 0.29) is 17.9 Å². The van der Waals surface area contributed by atoms with Crippen molar-refractivity contribution in [1.82, 2.24) is 9.88 Å². The number of carbonyl (C=O) groups is 1. The molecule has 0 saturated heterocycles. The molecule has 5 nitrogen and oxygen atoms in total. The Morgan fingerprint density at radius 3 is 2.17 bits per heavy atom. The average molecular weight is 476 g/mol.